The van der Waals surface area contributed by atoms with Gasteiger partial charge in [-0.15, -0.1) is 0 Å². The van der Waals surface area contributed by atoms with E-state index in [-0.39, 0.29) is 5.91 Å². The molecule has 3 fully saturated rings. The number of ether oxygens (including phenoxy) is 2. The van der Waals surface area contributed by atoms with E-state index in [0.717, 1.165) is 23.6 Å². The summed E-state index contributed by atoms with van der Waals surface area (Å²) in [6.45, 7) is 3.91. The van der Waals surface area contributed by atoms with Crippen molar-refractivity contribution in [2.45, 2.75) is 70.1 Å². The Bertz CT molecular complexity index is 906. The van der Waals surface area contributed by atoms with Crippen LogP contribution in [0.3, 0.4) is 0 Å². The minimum atomic E-state index is -0.102. The fraction of sp³-hybridized carbons (Fsp3) is 0.536. The molecule has 33 heavy (non-hydrogen) atoms. The van der Waals surface area contributed by atoms with Crippen molar-refractivity contribution in [2.24, 2.45) is 5.92 Å². The molecule has 2 saturated heterocycles. The summed E-state index contributed by atoms with van der Waals surface area (Å²) in [6.07, 6.45) is 10.6. The lowest BCUT2D eigenvalue weighted by molar-refractivity contribution is -0.00866. The molecular weight excluding hydrogens is 412 g/mol. The fourth-order valence-electron chi connectivity index (χ4n) is 5.32. The molecule has 1 amide bonds. The van der Waals surface area contributed by atoms with E-state index in [4.69, 9.17) is 9.47 Å². The normalized spacial score (nSPS) is 23.4. The molecule has 2 aromatic carbocycles. The van der Waals surface area contributed by atoms with Crippen LogP contribution in [-0.2, 0) is 11.3 Å². The Morgan fingerprint density at radius 1 is 0.879 bits per heavy atom. The highest BCUT2D eigenvalue weighted by Gasteiger charge is 2.33. The molecule has 2 aliphatic heterocycles. The summed E-state index contributed by atoms with van der Waals surface area (Å²) in [6, 6.07) is 16.1. The standard InChI is InChI=1S/C28H36N2O3/c31-28(22-11-9-21(10-12-22)19-32-25-6-3-7-25)29-24-13-15-26(16-14-24)33-20-23-5-4-18-30-17-2-1-8-27(23)30/h9-16,23,25,27H,1-8,17-20H2,(H,29,31)/t23-,27+/m0/s1. The minimum absolute atomic E-state index is 0.102. The lowest BCUT2D eigenvalue weighted by atomic mass is 9.84. The number of rotatable bonds is 8. The molecule has 3 aliphatic rings. The first-order chi connectivity index (χ1) is 16.2. The number of fused-ring (bicyclic) bond motifs is 1. The Kier molecular flexibility index (Phi) is 7.27. The summed E-state index contributed by atoms with van der Waals surface area (Å²) in [7, 11) is 0. The lowest BCUT2D eigenvalue weighted by Crippen LogP contribution is -2.49. The molecule has 5 nitrogen and oxygen atoms in total. The van der Waals surface area contributed by atoms with Crippen LogP contribution in [0, 0.1) is 5.92 Å². The number of carbonyl (C=O) groups is 1. The summed E-state index contributed by atoms with van der Waals surface area (Å²) < 4.78 is 12.0. The van der Waals surface area contributed by atoms with Crippen LogP contribution < -0.4 is 10.1 Å². The van der Waals surface area contributed by atoms with E-state index in [2.05, 4.69) is 10.2 Å². The van der Waals surface area contributed by atoms with Gasteiger partial charge in [0.1, 0.15) is 5.75 Å². The topological polar surface area (TPSA) is 50.8 Å². The van der Waals surface area contributed by atoms with E-state index in [1.807, 2.05) is 48.5 Å². The lowest BCUT2D eigenvalue weighted by Gasteiger charge is -2.44. The van der Waals surface area contributed by atoms with Gasteiger partial charge in [-0.05, 0) is 100.0 Å². The van der Waals surface area contributed by atoms with Crippen LogP contribution in [0.1, 0.15) is 67.3 Å². The van der Waals surface area contributed by atoms with Gasteiger partial charge in [0.25, 0.3) is 5.91 Å². The third-order valence-corrected chi connectivity index (χ3v) is 7.56. The highest BCUT2D eigenvalue weighted by molar-refractivity contribution is 6.04. The quantitative estimate of drug-likeness (QED) is 0.567. The van der Waals surface area contributed by atoms with Crippen LogP contribution in [-0.4, -0.2) is 42.6 Å². The van der Waals surface area contributed by atoms with Crippen molar-refractivity contribution >= 4 is 11.6 Å². The maximum atomic E-state index is 12.6. The van der Waals surface area contributed by atoms with Gasteiger partial charge in [-0.1, -0.05) is 18.6 Å². The first kappa shape index (κ1) is 22.4. The second-order valence-electron chi connectivity index (χ2n) is 9.85. The van der Waals surface area contributed by atoms with E-state index in [1.54, 1.807) is 0 Å². The molecule has 5 rings (SSSR count). The number of piperidine rings is 2. The number of nitrogens with one attached hydrogen (secondary N) is 1. The fourth-order valence-corrected chi connectivity index (χ4v) is 5.32. The average molecular weight is 449 g/mol. The molecule has 2 heterocycles. The molecule has 1 N–H and O–H groups in total. The predicted molar refractivity (Wildman–Crippen MR) is 131 cm³/mol. The van der Waals surface area contributed by atoms with E-state index in [1.165, 1.54) is 64.5 Å². The first-order valence-corrected chi connectivity index (χ1v) is 12.7. The third kappa shape index (κ3) is 5.77. The Labute approximate surface area is 197 Å². The van der Waals surface area contributed by atoms with Gasteiger partial charge in [-0.25, -0.2) is 0 Å². The molecular formula is C28H36N2O3. The number of nitrogens with zero attached hydrogens (tertiary/aromatic N) is 1. The van der Waals surface area contributed by atoms with Crippen LogP contribution in [0.5, 0.6) is 5.75 Å². The third-order valence-electron chi connectivity index (χ3n) is 7.56. The average Bonchev–Trinajstić information content (AvgIpc) is 2.83. The van der Waals surface area contributed by atoms with Crippen molar-refractivity contribution in [3.05, 3.63) is 59.7 Å². The Hall–Kier alpha value is -2.37. The SMILES string of the molecule is O=C(Nc1ccc(OC[C@@H]2CCCN3CCCC[C@H]23)cc1)c1ccc(COC2CCC2)cc1. The van der Waals surface area contributed by atoms with Crippen molar-refractivity contribution in [2.75, 3.05) is 25.0 Å². The van der Waals surface area contributed by atoms with E-state index >= 15 is 0 Å². The zero-order valence-corrected chi connectivity index (χ0v) is 19.5. The van der Waals surface area contributed by atoms with Crippen molar-refractivity contribution in [1.82, 2.24) is 4.90 Å². The second-order valence-corrected chi connectivity index (χ2v) is 9.85. The molecule has 0 spiro atoms. The number of carbonyl (C=O) groups excluding carboxylic acids is 1. The summed E-state index contributed by atoms with van der Waals surface area (Å²) >= 11 is 0. The molecule has 0 radical (unpaired) electrons. The smallest absolute Gasteiger partial charge is 0.255 e. The van der Waals surface area contributed by atoms with Crippen LogP contribution in [0.25, 0.3) is 0 Å². The van der Waals surface area contributed by atoms with Gasteiger partial charge >= 0.3 is 0 Å². The molecule has 2 atom stereocenters. The van der Waals surface area contributed by atoms with Crippen molar-refractivity contribution in [1.29, 1.82) is 0 Å². The zero-order chi connectivity index (χ0) is 22.5. The molecule has 176 valence electrons. The molecule has 0 aromatic heterocycles. The zero-order valence-electron chi connectivity index (χ0n) is 19.5. The Balaban J connectivity index is 1.09. The van der Waals surface area contributed by atoms with Gasteiger partial charge < -0.3 is 14.8 Å². The Morgan fingerprint density at radius 3 is 2.42 bits per heavy atom. The van der Waals surface area contributed by atoms with Crippen LogP contribution >= 0.6 is 0 Å². The van der Waals surface area contributed by atoms with Gasteiger partial charge in [-0.2, -0.15) is 0 Å². The molecule has 1 saturated carbocycles. The second kappa shape index (κ2) is 10.7. The number of hydrogen-bond donors (Lipinski definition) is 1. The van der Waals surface area contributed by atoms with Crippen LogP contribution in [0.2, 0.25) is 0 Å². The molecule has 1 aliphatic carbocycles. The molecule has 0 unspecified atom stereocenters. The minimum Gasteiger partial charge on any atom is -0.493 e. The monoisotopic (exact) mass is 448 g/mol. The largest absolute Gasteiger partial charge is 0.493 e. The number of anilines is 1. The van der Waals surface area contributed by atoms with Gasteiger partial charge in [-0.3, -0.25) is 9.69 Å². The maximum absolute atomic E-state index is 12.6. The molecule has 5 heteroatoms. The predicted octanol–water partition coefficient (Wildman–Crippen LogP) is 5.65. The van der Waals surface area contributed by atoms with E-state index in [0.29, 0.717) is 30.2 Å². The van der Waals surface area contributed by atoms with Gasteiger partial charge in [0.15, 0.2) is 0 Å². The molecule has 0 bridgehead atoms. The summed E-state index contributed by atoms with van der Waals surface area (Å²) in [5, 5.41) is 2.98. The first-order valence-electron chi connectivity index (χ1n) is 12.7. The van der Waals surface area contributed by atoms with Crippen LogP contribution in [0.15, 0.2) is 48.5 Å². The highest BCUT2D eigenvalue weighted by atomic mass is 16.5. The number of hydrogen-bond acceptors (Lipinski definition) is 4. The highest BCUT2D eigenvalue weighted by Crippen LogP contribution is 2.31. The van der Waals surface area contributed by atoms with Gasteiger partial charge in [0.05, 0.1) is 19.3 Å². The summed E-state index contributed by atoms with van der Waals surface area (Å²) in [4.78, 5) is 15.3. The van der Waals surface area contributed by atoms with E-state index < -0.39 is 0 Å². The van der Waals surface area contributed by atoms with Gasteiger partial charge in [0, 0.05) is 23.2 Å². The van der Waals surface area contributed by atoms with Crippen molar-refractivity contribution in [3.63, 3.8) is 0 Å². The van der Waals surface area contributed by atoms with Crippen molar-refractivity contribution < 1.29 is 14.3 Å². The Morgan fingerprint density at radius 2 is 1.67 bits per heavy atom. The molecule has 2 aromatic rings. The maximum Gasteiger partial charge on any atom is 0.255 e. The summed E-state index contributed by atoms with van der Waals surface area (Å²) in [5.74, 6) is 1.40. The van der Waals surface area contributed by atoms with Crippen molar-refractivity contribution in [3.8, 4) is 5.75 Å². The van der Waals surface area contributed by atoms with E-state index in [9.17, 15) is 4.79 Å². The van der Waals surface area contributed by atoms with Crippen LogP contribution in [0.4, 0.5) is 5.69 Å². The summed E-state index contributed by atoms with van der Waals surface area (Å²) in [5.41, 5.74) is 2.53. The van der Waals surface area contributed by atoms with Gasteiger partial charge in [0.2, 0.25) is 0 Å². The number of benzene rings is 2. The number of amides is 1.